The van der Waals surface area contributed by atoms with Crippen molar-refractivity contribution < 1.29 is 0 Å². The molecule has 0 atom stereocenters. The monoisotopic (exact) mass is 786 g/mol. The minimum absolute atomic E-state index is 0.697. The highest BCUT2D eigenvalue weighted by molar-refractivity contribution is 6.21. The van der Waals surface area contributed by atoms with Crippen molar-refractivity contribution in [1.29, 1.82) is 0 Å². The number of fused-ring (bicyclic) bond motifs is 10. The van der Waals surface area contributed by atoms with E-state index in [0.717, 1.165) is 44.4 Å². The summed E-state index contributed by atoms with van der Waals surface area (Å²) in [7, 11) is 0. The molecule has 2 nitrogen and oxygen atoms in total. The highest BCUT2D eigenvalue weighted by Gasteiger charge is 2.24. The summed E-state index contributed by atoms with van der Waals surface area (Å²) in [5, 5.41) is 4.65. The maximum Gasteiger partial charge on any atom is 0.160 e. The van der Waals surface area contributed by atoms with E-state index in [1.165, 1.54) is 72.0 Å². The van der Waals surface area contributed by atoms with Gasteiger partial charge in [-0.3, -0.25) is 0 Å². The molecule has 2 heteroatoms. The van der Waals surface area contributed by atoms with Gasteiger partial charge in [-0.1, -0.05) is 212 Å². The minimum atomic E-state index is 0.697. The SMILES string of the molecule is c1ccc(-c2cccc(-c3cc(-c4c5ccccc5c(-c5ccc6c(c5)-c5ccccc5-c5ccccc5-c5ccccc5-6)c5ccccc45)nc(-c4ccccc4)n3)c2)cc1. The summed E-state index contributed by atoms with van der Waals surface area (Å²) in [4.78, 5) is 10.7. The van der Waals surface area contributed by atoms with Crippen molar-refractivity contribution in [2.45, 2.75) is 0 Å². The van der Waals surface area contributed by atoms with Crippen LogP contribution in [0.4, 0.5) is 0 Å². The zero-order valence-electron chi connectivity index (χ0n) is 33.8. The Labute approximate surface area is 361 Å². The van der Waals surface area contributed by atoms with Crippen LogP contribution < -0.4 is 0 Å². The molecule has 0 bridgehead atoms. The van der Waals surface area contributed by atoms with Gasteiger partial charge in [0.15, 0.2) is 5.82 Å². The lowest BCUT2D eigenvalue weighted by Crippen LogP contribution is -1.99. The van der Waals surface area contributed by atoms with Crippen LogP contribution >= 0.6 is 0 Å². The second-order valence-electron chi connectivity index (χ2n) is 16.0. The fourth-order valence-electron chi connectivity index (χ4n) is 9.66. The van der Waals surface area contributed by atoms with Gasteiger partial charge in [0, 0.05) is 16.7 Å². The molecule has 1 aromatic heterocycles. The van der Waals surface area contributed by atoms with Crippen LogP contribution in [0.2, 0.25) is 0 Å². The smallest absolute Gasteiger partial charge is 0.160 e. The first-order valence-corrected chi connectivity index (χ1v) is 21.2. The van der Waals surface area contributed by atoms with E-state index in [0.29, 0.717) is 5.82 Å². The molecule has 1 heterocycles. The Hall–Kier alpha value is -8.20. The highest BCUT2D eigenvalue weighted by atomic mass is 14.9. The first-order valence-electron chi connectivity index (χ1n) is 21.2. The molecule has 10 aromatic carbocycles. The number of benzene rings is 10. The maximum absolute atomic E-state index is 5.41. The largest absolute Gasteiger partial charge is 0.228 e. The molecule has 11 aromatic rings. The van der Waals surface area contributed by atoms with Gasteiger partial charge >= 0.3 is 0 Å². The third kappa shape index (κ3) is 5.96. The van der Waals surface area contributed by atoms with Crippen molar-refractivity contribution in [2.75, 3.05) is 0 Å². The molecule has 0 N–H and O–H groups in total. The summed E-state index contributed by atoms with van der Waals surface area (Å²) >= 11 is 0. The van der Waals surface area contributed by atoms with Crippen LogP contribution in [0, 0.1) is 0 Å². The fourth-order valence-corrected chi connectivity index (χ4v) is 9.66. The number of hydrogen-bond donors (Lipinski definition) is 0. The summed E-state index contributed by atoms with van der Waals surface area (Å²) in [5.74, 6) is 0.697. The lowest BCUT2D eigenvalue weighted by atomic mass is 9.79. The molecule has 1 aliphatic rings. The molecule has 0 unspecified atom stereocenters. The predicted octanol–water partition coefficient (Wildman–Crippen LogP) is 16.1. The Kier molecular flexibility index (Phi) is 8.53. The van der Waals surface area contributed by atoms with Crippen molar-refractivity contribution >= 4 is 21.5 Å². The van der Waals surface area contributed by atoms with Gasteiger partial charge in [0.05, 0.1) is 11.4 Å². The van der Waals surface area contributed by atoms with Gasteiger partial charge in [-0.25, -0.2) is 9.97 Å². The van der Waals surface area contributed by atoms with Crippen LogP contribution in [0.5, 0.6) is 0 Å². The molecule has 1 aliphatic carbocycles. The maximum atomic E-state index is 5.41. The van der Waals surface area contributed by atoms with Gasteiger partial charge < -0.3 is 0 Å². The van der Waals surface area contributed by atoms with E-state index < -0.39 is 0 Å². The molecule has 12 rings (SSSR count). The Morgan fingerprint density at radius 3 is 1.16 bits per heavy atom. The third-order valence-electron chi connectivity index (χ3n) is 12.5. The van der Waals surface area contributed by atoms with Crippen LogP contribution in [-0.4, -0.2) is 9.97 Å². The zero-order valence-corrected chi connectivity index (χ0v) is 33.8. The molecule has 0 saturated carbocycles. The summed E-state index contributed by atoms with van der Waals surface area (Å²) in [6.07, 6.45) is 0. The fraction of sp³-hybridized carbons (Fsp3) is 0. The number of rotatable bonds is 5. The highest BCUT2D eigenvalue weighted by Crippen LogP contribution is 2.50. The van der Waals surface area contributed by atoms with Crippen LogP contribution in [-0.2, 0) is 0 Å². The Balaban J connectivity index is 1.11. The number of aromatic nitrogens is 2. The second-order valence-corrected chi connectivity index (χ2v) is 16.0. The number of hydrogen-bond acceptors (Lipinski definition) is 2. The Bertz CT molecular complexity index is 3450. The van der Waals surface area contributed by atoms with E-state index in [1.807, 2.05) is 6.07 Å². The Morgan fingerprint density at radius 1 is 0.210 bits per heavy atom. The average Bonchev–Trinajstić information content (AvgIpc) is 3.35. The van der Waals surface area contributed by atoms with Crippen molar-refractivity contribution in [1.82, 2.24) is 9.97 Å². The van der Waals surface area contributed by atoms with Crippen molar-refractivity contribution in [3.63, 3.8) is 0 Å². The molecule has 0 amide bonds. The van der Waals surface area contributed by atoms with Gasteiger partial charge in [0.25, 0.3) is 0 Å². The first kappa shape index (κ1) is 35.7. The van der Waals surface area contributed by atoms with Crippen LogP contribution in [0.25, 0.3) is 122 Å². The van der Waals surface area contributed by atoms with Gasteiger partial charge in [0.1, 0.15) is 0 Å². The molecular weight excluding hydrogens is 749 g/mol. The van der Waals surface area contributed by atoms with E-state index in [1.54, 1.807) is 0 Å². The van der Waals surface area contributed by atoms with Crippen LogP contribution in [0.3, 0.4) is 0 Å². The molecule has 0 spiro atoms. The van der Waals surface area contributed by atoms with E-state index in [-0.39, 0.29) is 0 Å². The molecule has 0 saturated heterocycles. The van der Waals surface area contributed by atoms with Gasteiger partial charge in [0.2, 0.25) is 0 Å². The molecule has 62 heavy (non-hydrogen) atoms. The van der Waals surface area contributed by atoms with Crippen molar-refractivity contribution in [3.8, 4) is 101 Å². The summed E-state index contributed by atoms with van der Waals surface area (Å²) in [5.41, 5.74) is 19.5. The molecule has 288 valence electrons. The predicted molar refractivity (Wildman–Crippen MR) is 260 cm³/mol. The summed E-state index contributed by atoms with van der Waals surface area (Å²) in [6.45, 7) is 0. The summed E-state index contributed by atoms with van der Waals surface area (Å²) < 4.78 is 0. The molecule has 0 fully saturated rings. The lowest BCUT2D eigenvalue weighted by Gasteiger charge is -2.24. The normalized spacial score (nSPS) is 11.5. The molecular formula is C60H38N2. The minimum Gasteiger partial charge on any atom is -0.228 e. The van der Waals surface area contributed by atoms with Crippen LogP contribution in [0.1, 0.15) is 0 Å². The first-order chi connectivity index (χ1) is 30.8. The van der Waals surface area contributed by atoms with E-state index >= 15 is 0 Å². The van der Waals surface area contributed by atoms with Crippen molar-refractivity contribution in [2.24, 2.45) is 0 Å². The van der Waals surface area contributed by atoms with E-state index in [4.69, 9.17) is 9.97 Å². The lowest BCUT2D eigenvalue weighted by molar-refractivity contribution is 1.19. The standard InChI is InChI=1S/C60H38N2/c1-3-18-39(19-4-1)41-22-17-23-42(36-41)56-38-57(62-60(61-56)40-20-5-2-6-21-40)59-53-32-15-13-30-51(53)58(52-31-14-16-33-54(52)59)43-34-35-50-48-28-10-9-26-46(48)44-24-7-8-25-45(44)47-27-11-12-29-49(47)55(50)37-43/h1-38H. The van der Waals surface area contributed by atoms with Crippen molar-refractivity contribution in [3.05, 3.63) is 231 Å². The molecule has 0 aliphatic heterocycles. The van der Waals surface area contributed by atoms with Gasteiger partial charge in [-0.2, -0.15) is 0 Å². The average molecular weight is 787 g/mol. The van der Waals surface area contributed by atoms with Crippen LogP contribution in [0.15, 0.2) is 231 Å². The van der Waals surface area contributed by atoms with Gasteiger partial charge in [-0.15, -0.1) is 0 Å². The quantitative estimate of drug-likeness (QED) is 0.162. The third-order valence-corrected chi connectivity index (χ3v) is 12.5. The topological polar surface area (TPSA) is 25.8 Å². The summed E-state index contributed by atoms with van der Waals surface area (Å²) in [6, 6.07) is 83.1. The van der Waals surface area contributed by atoms with E-state index in [2.05, 4.69) is 224 Å². The zero-order chi connectivity index (χ0) is 41.0. The second kappa shape index (κ2) is 14.8. The van der Waals surface area contributed by atoms with Gasteiger partial charge in [-0.05, 0) is 107 Å². The Morgan fingerprint density at radius 2 is 0.613 bits per heavy atom. The molecule has 0 radical (unpaired) electrons. The number of nitrogens with zero attached hydrogens (tertiary/aromatic N) is 2. The van der Waals surface area contributed by atoms with E-state index in [9.17, 15) is 0 Å².